The van der Waals surface area contributed by atoms with Crippen LogP contribution in [0.5, 0.6) is 0 Å². The lowest BCUT2D eigenvalue weighted by Gasteiger charge is -2.11. The van der Waals surface area contributed by atoms with E-state index in [1.165, 1.54) is 0 Å². The highest BCUT2D eigenvalue weighted by atomic mass is 16.5. The summed E-state index contributed by atoms with van der Waals surface area (Å²) >= 11 is 0. The van der Waals surface area contributed by atoms with Crippen LogP contribution in [0.1, 0.15) is 25.3 Å². The highest BCUT2D eigenvalue weighted by molar-refractivity contribution is 5.70. The van der Waals surface area contributed by atoms with E-state index in [1.807, 2.05) is 36.4 Å². The minimum absolute atomic E-state index is 0.355. The van der Waals surface area contributed by atoms with E-state index in [-0.39, 0.29) is 6.09 Å². The van der Waals surface area contributed by atoms with E-state index in [4.69, 9.17) is 4.74 Å². The number of hydrogen-bond acceptors (Lipinski definition) is 2. The van der Waals surface area contributed by atoms with Crippen molar-refractivity contribution < 1.29 is 9.53 Å². The largest absolute Gasteiger partial charge is 0.450 e. The zero-order valence-corrected chi connectivity index (χ0v) is 12.3. The Balaban J connectivity index is 1.99. The minimum atomic E-state index is -0.355. The van der Waals surface area contributed by atoms with Crippen molar-refractivity contribution in [1.82, 2.24) is 5.32 Å². The normalized spacial score (nSPS) is 10.1. The topological polar surface area (TPSA) is 38.3 Å². The fourth-order valence-electron chi connectivity index (χ4n) is 2.10. The van der Waals surface area contributed by atoms with Crippen molar-refractivity contribution in [3.05, 3.63) is 60.2 Å². The zero-order chi connectivity index (χ0) is 14.9. The summed E-state index contributed by atoms with van der Waals surface area (Å²) in [5.74, 6) is 0. The second-order valence-corrected chi connectivity index (χ2v) is 4.87. The van der Waals surface area contributed by atoms with E-state index < -0.39 is 0 Å². The lowest BCUT2D eigenvalue weighted by Crippen LogP contribution is -2.24. The molecule has 2 rings (SSSR count). The summed E-state index contributed by atoms with van der Waals surface area (Å²) < 4.78 is 5.10. The molecule has 0 heterocycles. The zero-order valence-electron chi connectivity index (χ0n) is 12.3. The first-order chi connectivity index (χ1) is 10.3. The predicted molar refractivity (Wildman–Crippen MR) is 85.0 cm³/mol. The van der Waals surface area contributed by atoms with E-state index in [2.05, 4.69) is 30.4 Å². The summed E-state index contributed by atoms with van der Waals surface area (Å²) in [6, 6.07) is 18.2. The molecule has 0 spiro atoms. The van der Waals surface area contributed by atoms with Gasteiger partial charge >= 0.3 is 6.09 Å². The fourth-order valence-corrected chi connectivity index (χ4v) is 2.10. The molecular weight excluding hydrogens is 262 g/mol. The molecule has 0 aliphatic rings. The van der Waals surface area contributed by atoms with Gasteiger partial charge in [-0.3, -0.25) is 0 Å². The molecule has 0 atom stereocenters. The highest BCUT2D eigenvalue weighted by Crippen LogP contribution is 2.23. The summed E-state index contributed by atoms with van der Waals surface area (Å²) in [6.07, 6.45) is 1.56. The van der Waals surface area contributed by atoms with Gasteiger partial charge in [-0.2, -0.15) is 0 Å². The Bertz CT molecular complexity index is 566. The number of unbranched alkanes of at least 4 members (excludes halogenated alkanes) is 1. The lowest BCUT2D eigenvalue weighted by atomic mass is 10.00. The first-order valence-corrected chi connectivity index (χ1v) is 7.35. The first kappa shape index (κ1) is 15.1. The third-order valence-electron chi connectivity index (χ3n) is 3.26. The molecule has 3 heteroatoms. The van der Waals surface area contributed by atoms with Crippen LogP contribution in [-0.2, 0) is 11.3 Å². The SMILES string of the molecule is CCCCOC(=O)NCc1ccccc1-c1ccccc1. The van der Waals surface area contributed by atoms with Gasteiger partial charge in [-0.05, 0) is 23.1 Å². The van der Waals surface area contributed by atoms with Crippen LogP contribution in [0.2, 0.25) is 0 Å². The maximum atomic E-state index is 11.6. The van der Waals surface area contributed by atoms with Crippen LogP contribution in [0.4, 0.5) is 4.79 Å². The maximum Gasteiger partial charge on any atom is 0.407 e. The molecule has 21 heavy (non-hydrogen) atoms. The predicted octanol–water partition coefficient (Wildman–Crippen LogP) is 4.38. The van der Waals surface area contributed by atoms with Crippen LogP contribution in [0, 0.1) is 0 Å². The number of alkyl carbamates (subject to hydrolysis) is 1. The van der Waals surface area contributed by atoms with Gasteiger partial charge in [0, 0.05) is 6.54 Å². The second kappa shape index (κ2) is 8.10. The Morgan fingerprint density at radius 2 is 1.76 bits per heavy atom. The Morgan fingerprint density at radius 1 is 1.05 bits per heavy atom. The molecule has 1 N–H and O–H groups in total. The third-order valence-corrected chi connectivity index (χ3v) is 3.26. The first-order valence-electron chi connectivity index (χ1n) is 7.35. The minimum Gasteiger partial charge on any atom is -0.450 e. The van der Waals surface area contributed by atoms with Gasteiger partial charge in [-0.15, -0.1) is 0 Å². The van der Waals surface area contributed by atoms with Crippen molar-refractivity contribution in [3.8, 4) is 11.1 Å². The van der Waals surface area contributed by atoms with E-state index in [1.54, 1.807) is 0 Å². The maximum absolute atomic E-state index is 11.6. The summed E-state index contributed by atoms with van der Waals surface area (Å²) in [4.78, 5) is 11.6. The van der Waals surface area contributed by atoms with E-state index in [9.17, 15) is 4.79 Å². The van der Waals surface area contributed by atoms with Gasteiger partial charge in [-0.25, -0.2) is 4.79 Å². The Kier molecular flexibility index (Phi) is 5.83. The quantitative estimate of drug-likeness (QED) is 0.799. The van der Waals surface area contributed by atoms with Crippen molar-refractivity contribution in [3.63, 3.8) is 0 Å². The van der Waals surface area contributed by atoms with Gasteiger partial charge < -0.3 is 10.1 Å². The molecule has 0 radical (unpaired) electrons. The fraction of sp³-hybridized carbons (Fsp3) is 0.278. The number of nitrogens with one attached hydrogen (secondary N) is 1. The van der Waals surface area contributed by atoms with E-state index in [0.29, 0.717) is 13.2 Å². The molecule has 0 saturated heterocycles. The third kappa shape index (κ3) is 4.63. The number of rotatable bonds is 6. The Labute approximate surface area is 126 Å². The van der Waals surface area contributed by atoms with Gasteiger partial charge in [0.15, 0.2) is 0 Å². The average molecular weight is 283 g/mol. The smallest absolute Gasteiger partial charge is 0.407 e. The lowest BCUT2D eigenvalue weighted by molar-refractivity contribution is 0.144. The molecular formula is C18H21NO2. The van der Waals surface area contributed by atoms with Crippen molar-refractivity contribution in [2.75, 3.05) is 6.61 Å². The molecule has 0 aliphatic carbocycles. The molecule has 2 aromatic carbocycles. The van der Waals surface area contributed by atoms with Gasteiger partial charge in [0.05, 0.1) is 6.61 Å². The molecule has 2 aromatic rings. The standard InChI is InChI=1S/C18H21NO2/c1-2-3-13-21-18(20)19-14-16-11-7-8-12-17(16)15-9-5-4-6-10-15/h4-12H,2-3,13-14H2,1H3,(H,19,20). The summed E-state index contributed by atoms with van der Waals surface area (Å²) in [5.41, 5.74) is 3.36. The number of amides is 1. The van der Waals surface area contributed by atoms with Crippen molar-refractivity contribution in [2.45, 2.75) is 26.3 Å². The van der Waals surface area contributed by atoms with Crippen molar-refractivity contribution >= 4 is 6.09 Å². The highest BCUT2D eigenvalue weighted by Gasteiger charge is 2.06. The van der Waals surface area contributed by atoms with Gasteiger partial charge in [-0.1, -0.05) is 67.9 Å². The van der Waals surface area contributed by atoms with Crippen LogP contribution in [0.3, 0.4) is 0 Å². The average Bonchev–Trinajstić information content (AvgIpc) is 2.54. The van der Waals surface area contributed by atoms with Gasteiger partial charge in [0.2, 0.25) is 0 Å². The molecule has 0 aromatic heterocycles. The van der Waals surface area contributed by atoms with E-state index >= 15 is 0 Å². The van der Waals surface area contributed by atoms with Gasteiger partial charge in [0.25, 0.3) is 0 Å². The number of carbonyl (C=O) groups is 1. The molecule has 3 nitrogen and oxygen atoms in total. The number of benzene rings is 2. The number of carbonyl (C=O) groups excluding carboxylic acids is 1. The Morgan fingerprint density at radius 3 is 2.52 bits per heavy atom. The number of ether oxygens (including phenoxy) is 1. The molecule has 0 unspecified atom stereocenters. The van der Waals surface area contributed by atoms with Crippen LogP contribution < -0.4 is 5.32 Å². The van der Waals surface area contributed by atoms with E-state index in [0.717, 1.165) is 29.5 Å². The number of hydrogen-bond donors (Lipinski definition) is 1. The molecule has 110 valence electrons. The van der Waals surface area contributed by atoms with Crippen molar-refractivity contribution in [2.24, 2.45) is 0 Å². The summed E-state index contributed by atoms with van der Waals surface area (Å²) in [5, 5.41) is 2.81. The molecule has 0 fully saturated rings. The molecule has 0 bridgehead atoms. The summed E-state index contributed by atoms with van der Waals surface area (Å²) in [7, 11) is 0. The van der Waals surface area contributed by atoms with Crippen LogP contribution in [-0.4, -0.2) is 12.7 Å². The Hall–Kier alpha value is -2.29. The van der Waals surface area contributed by atoms with Gasteiger partial charge in [0.1, 0.15) is 0 Å². The van der Waals surface area contributed by atoms with Crippen LogP contribution in [0.25, 0.3) is 11.1 Å². The van der Waals surface area contributed by atoms with Crippen LogP contribution >= 0.6 is 0 Å². The molecule has 0 saturated carbocycles. The second-order valence-electron chi connectivity index (χ2n) is 4.87. The van der Waals surface area contributed by atoms with Crippen molar-refractivity contribution in [1.29, 1.82) is 0 Å². The molecule has 1 amide bonds. The van der Waals surface area contributed by atoms with Crippen LogP contribution in [0.15, 0.2) is 54.6 Å². The monoisotopic (exact) mass is 283 g/mol. The summed E-state index contributed by atoms with van der Waals surface area (Å²) in [6.45, 7) is 3.01. The molecule has 0 aliphatic heterocycles.